The van der Waals surface area contributed by atoms with Crippen LogP contribution in [0.2, 0.25) is 0 Å². The van der Waals surface area contributed by atoms with Crippen LogP contribution >= 0.6 is 0 Å². The summed E-state index contributed by atoms with van der Waals surface area (Å²) in [7, 11) is 2.14. The maximum atomic E-state index is 13.4. The Bertz CT molecular complexity index is 1430. The number of hydrogen-bond acceptors (Lipinski definition) is 8. The number of carbonyl (C=O) groups excluding carboxylic acids is 1. The van der Waals surface area contributed by atoms with Crippen molar-refractivity contribution in [2.24, 2.45) is 0 Å². The lowest BCUT2D eigenvalue weighted by Gasteiger charge is -2.34. The fourth-order valence-corrected chi connectivity index (χ4v) is 4.79. The topological polar surface area (TPSA) is 95.6 Å². The van der Waals surface area contributed by atoms with Gasteiger partial charge >= 0.3 is 0 Å². The molecule has 4 aromatic rings. The Balaban J connectivity index is 1.29. The molecule has 10 heteroatoms. The molecule has 38 heavy (non-hydrogen) atoms. The number of ketones is 1. The number of aromatic amines is 1. The van der Waals surface area contributed by atoms with Crippen LogP contribution in [-0.2, 0) is 4.74 Å². The predicted molar refractivity (Wildman–Crippen MR) is 143 cm³/mol. The molecule has 2 aromatic carbocycles. The third-order valence-corrected chi connectivity index (χ3v) is 7.01. The largest absolute Gasteiger partial charge is 0.471 e. The summed E-state index contributed by atoms with van der Waals surface area (Å²) in [6.45, 7) is 5.15. The molecular formula is C28H29FN6O3. The van der Waals surface area contributed by atoms with E-state index in [0.29, 0.717) is 47.2 Å². The number of ether oxygens (including phenoxy) is 2. The van der Waals surface area contributed by atoms with Gasteiger partial charge in [0.15, 0.2) is 5.78 Å². The van der Waals surface area contributed by atoms with Crippen molar-refractivity contribution in [3.63, 3.8) is 0 Å². The highest BCUT2D eigenvalue weighted by Crippen LogP contribution is 2.32. The first-order valence-corrected chi connectivity index (χ1v) is 12.8. The van der Waals surface area contributed by atoms with Gasteiger partial charge in [-0.15, -0.1) is 0 Å². The number of H-pyrrole nitrogens is 1. The lowest BCUT2D eigenvalue weighted by molar-refractivity contribution is 0.103. The van der Waals surface area contributed by atoms with Crippen molar-refractivity contribution in [3.05, 3.63) is 71.7 Å². The average molecular weight is 517 g/mol. The lowest BCUT2D eigenvalue weighted by Crippen LogP contribution is -2.44. The Hall–Kier alpha value is -4.02. The van der Waals surface area contributed by atoms with E-state index in [1.807, 2.05) is 12.1 Å². The van der Waals surface area contributed by atoms with Crippen LogP contribution in [0.1, 0.15) is 22.3 Å². The molecule has 2 saturated heterocycles. The van der Waals surface area contributed by atoms with Gasteiger partial charge in [0, 0.05) is 55.7 Å². The van der Waals surface area contributed by atoms with E-state index in [-0.39, 0.29) is 11.9 Å². The van der Waals surface area contributed by atoms with E-state index in [1.165, 1.54) is 30.0 Å². The molecule has 2 N–H and O–H groups in total. The van der Waals surface area contributed by atoms with E-state index < -0.39 is 5.82 Å². The summed E-state index contributed by atoms with van der Waals surface area (Å²) in [5.74, 6) is -0.0240. The number of benzene rings is 2. The maximum absolute atomic E-state index is 13.4. The molecule has 2 aromatic heterocycles. The molecule has 0 amide bonds. The number of nitrogens with zero attached hydrogens (tertiary/aromatic N) is 4. The molecule has 9 nitrogen and oxygen atoms in total. The van der Waals surface area contributed by atoms with Crippen molar-refractivity contribution in [1.29, 1.82) is 0 Å². The van der Waals surface area contributed by atoms with Gasteiger partial charge in [-0.3, -0.25) is 4.79 Å². The number of likely N-dealkylation sites (N-methyl/N-ethyl adjacent to an activating group) is 1. The minimum Gasteiger partial charge on any atom is -0.471 e. The second-order valence-corrected chi connectivity index (χ2v) is 9.68. The fourth-order valence-electron chi connectivity index (χ4n) is 4.79. The van der Waals surface area contributed by atoms with Crippen LogP contribution in [0, 0.1) is 5.82 Å². The van der Waals surface area contributed by atoms with Gasteiger partial charge < -0.3 is 29.6 Å². The predicted octanol–water partition coefficient (Wildman–Crippen LogP) is 3.99. The van der Waals surface area contributed by atoms with Crippen LogP contribution in [-0.4, -0.2) is 78.2 Å². The Labute approximate surface area is 219 Å². The second kappa shape index (κ2) is 10.4. The second-order valence-electron chi connectivity index (χ2n) is 9.68. The molecule has 2 aliphatic rings. The standard InChI is InChI=1S/C28H29FN6O3/c1-34-11-13-35(14-12-34)21-8-6-20(7-9-21)31-28-32-26-24(27(33-28)38-22-10-15-37-17-22)23(16-30-26)25(36)18-2-4-19(29)5-3-18/h2-9,16,22H,10-15,17H2,1H3,(H2,30,31,32,33)/t22-/m1/s1. The molecule has 0 spiro atoms. The molecule has 6 rings (SSSR count). The van der Waals surface area contributed by atoms with Gasteiger partial charge in [0.05, 0.1) is 24.2 Å². The van der Waals surface area contributed by atoms with Gasteiger partial charge in [0.2, 0.25) is 11.8 Å². The zero-order chi connectivity index (χ0) is 26.1. The Kier molecular flexibility index (Phi) is 6.65. The van der Waals surface area contributed by atoms with E-state index in [9.17, 15) is 9.18 Å². The van der Waals surface area contributed by atoms with Gasteiger partial charge in [0.25, 0.3) is 0 Å². The van der Waals surface area contributed by atoms with Crippen molar-refractivity contribution in [3.8, 4) is 5.88 Å². The molecule has 0 bridgehead atoms. The summed E-state index contributed by atoms with van der Waals surface area (Å²) < 4.78 is 25.1. The minimum absolute atomic E-state index is 0.174. The zero-order valence-electron chi connectivity index (χ0n) is 21.1. The number of aromatic nitrogens is 3. The Morgan fingerprint density at radius 2 is 1.84 bits per heavy atom. The number of hydrogen-bond donors (Lipinski definition) is 2. The van der Waals surface area contributed by atoms with Crippen molar-refractivity contribution in [2.75, 3.05) is 56.7 Å². The monoisotopic (exact) mass is 516 g/mol. The third-order valence-electron chi connectivity index (χ3n) is 7.01. The summed E-state index contributed by atoms with van der Waals surface area (Å²) in [6, 6.07) is 13.7. The summed E-state index contributed by atoms with van der Waals surface area (Å²) in [6.07, 6.45) is 2.15. The number of fused-ring (bicyclic) bond motifs is 1. The first kappa shape index (κ1) is 24.3. The van der Waals surface area contributed by atoms with Crippen molar-refractivity contribution >= 4 is 34.1 Å². The SMILES string of the molecule is CN1CCN(c2ccc(Nc3nc(O[C@@H]4CCOC4)c4c(C(=O)c5ccc(F)cc5)c[nH]c4n3)cc2)CC1. The minimum atomic E-state index is -0.402. The Morgan fingerprint density at radius 1 is 1.08 bits per heavy atom. The normalized spacial score (nSPS) is 18.2. The van der Waals surface area contributed by atoms with E-state index in [1.54, 1.807) is 6.20 Å². The summed E-state index contributed by atoms with van der Waals surface area (Å²) in [5.41, 5.74) is 3.22. The molecule has 0 aliphatic carbocycles. The van der Waals surface area contributed by atoms with E-state index in [4.69, 9.17) is 9.47 Å². The highest BCUT2D eigenvalue weighted by atomic mass is 19.1. The fraction of sp³-hybridized carbons (Fsp3) is 0.321. The van der Waals surface area contributed by atoms with Crippen molar-refractivity contribution < 1.29 is 18.7 Å². The summed E-state index contributed by atoms with van der Waals surface area (Å²) >= 11 is 0. The first-order chi connectivity index (χ1) is 18.5. The quantitative estimate of drug-likeness (QED) is 0.356. The Morgan fingerprint density at radius 3 is 2.55 bits per heavy atom. The third kappa shape index (κ3) is 5.05. The molecule has 196 valence electrons. The number of rotatable bonds is 7. The molecule has 0 unspecified atom stereocenters. The zero-order valence-corrected chi connectivity index (χ0v) is 21.1. The molecule has 1 atom stereocenters. The van der Waals surface area contributed by atoms with Crippen LogP contribution in [0.4, 0.5) is 21.7 Å². The van der Waals surface area contributed by atoms with E-state index in [0.717, 1.165) is 38.3 Å². The molecule has 0 radical (unpaired) electrons. The van der Waals surface area contributed by atoms with Gasteiger partial charge in [-0.05, 0) is 55.6 Å². The van der Waals surface area contributed by atoms with Gasteiger partial charge in [0.1, 0.15) is 17.6 Å². The van der Waals surface area contributed by atoms with Crippen LogP contribution in [0.15, 0.2) is 54.7 Å². The van der Waals surface area contributed by atoms with Crippen LogP contribution in [0.3, 0.4) is 0 Å². The van der Waals surface area contributed by atoms with Gasteiger partial charge in [-0.25, -0.2) is 4.39 Å². The highest BCUT2D eigenvalue weighted by Gasteiger charge is 2.25. The number of anilines is 3. The number of halogens is 1. The molecule has 2 fully saturated rings. The number of nitrogens with one attached hydrogen (secondary N) is 2. The van der Waals surface area contributed by atoms with Gasteiger partial charge in [-0.1, -0.05) is 0 Å². The molecule has 2 aliphatic heterocycles. The van der Waals surface area contributed by atoms with Crippen LogP contribution < -0.4 is 15.0 Å². The highest BCUT2D eigenvalue weighted by molar-refractivity contribution is 6.17. The van der Waals surface area contributed by atoms with Crippen LogP contribution in [0.25, 0.3) is 11.0 Å². The summed E-state index contributed by atoms with van der Waals surface area (Å²) in [4.78, 5) is 30.3. The average Bonchev–Trinajstić information content (AvgIpc) is 3.60. The molecule has 4 heterocycles. The first-order valence-electron chi connectivity index (χ1n) is 12.8. The van der Waals surface area contributed by atoms with Crippen molar-refractivity contribution in [1.82, 2.24) is 19.9 Å². The molecule has 0 saturated carbocycles. The van der Waals surface area contributed by atoms with Crippen molar-refractivity contribution in [2.45, 2.75) is 12.5 Å². The number of piperazine rings is 1. The van der Waals surface area contributed by atoms with E-state index in [2.05, 4.69) is 49.2 Å². The number of carbonyl (C=O) groups is 1. The van der Waals surface area contributed by atoms with E-state index >= 15 is 0 Å². The maximum Gasteiger partial charge on any atom is 0.232 e. The van der Waals surface area contributed by atoms with Gasteiger partial charge in [-0.2, -0.15) is 9.97 Å². The van der Waals surface area contributed by atoms with Crippen LogP contribution in [0.5, 0.6) is 5.88 Å². The molecular weight excluding hydrogens is 487 g/mol. The lowest BCUT2D eigenvalue weighted by atomic mass is 10.0. The smallest absolute Gasteiger partial charge is 0.232 e. The summed E-state index contributed by atoms with van der Waals surface area (Å²) in [5, 5.41) is 3.76.